The quantitative estimate of drug-likeness (QED) is 0.858. The van der Waals surface area contributed by atoms with Crippen LogP contribution in [-0.4, -0.2) is 11.1 Å². The molecule has 0 heterocycles. The van der Waals surface area contributed by atoms with Gasteiger partial charge >= 0.3 is 5.97 Å². The highest BCUT2D eigenvalue weighted by atomic mass is 16.4. The molecule has 2 heteroatoms. The van der Waals surface area contributed by atoms with Gasteiger partial charge in [0.2, 0.25) is 0 Å². The summed E-state index contributed by atoms with van der Waals surface area (Å²) in [6.07, 6.45) is 2.29. The molecule has 0 aromatic heterocycles. The molecular weight excluding hydrogens is 248 g/mol. The second kappa shape index (κ2) is 6.90. The first-order valence-corrected chi connectivity index (χ1v) is 7.07. The molecular formula is C18H20O2. The number of benzene rings is 2. The van der Waals surface area contributed by atoms with Gasteiger partial charge in [-0.1, -0.05) is 61.5 Å². The summed E-state index contributed by atoms with van der Waals surface area (Å²) in [5.74, 6) is -1.16. The second-order valence-corrected chi connectivity index (χ2v) is 4.97. The van der Waals surface area contributed by atoms with Crippen molar-refractivity contribution in [2.75, 3.05) is 0 Å². The third-order valence-corrected chi connectivity index (χ3v) is 3.67. The fourth-order valence-electron chi connectivity index (χ4n) is 2.56. The van der Waals surface area contributed by atoms with Crippen molar-refractivity contribution in [3.8, 4) is 0 Å². The Kier molecular flexibility index (Phi) is 4.94. The number of carboxylic acid groups (broad SMARTS) is 1. The van der Waals surface area contributed by atoms with E-state index in [0.717, 1.165) is 24.0 Å². The highest BCUT2D eigenvalue weighted by Crippen LogP contribution is 2.26. The van der Waals surface area contributed by atoms with Gasteiger partial charge in [0.25, 0.3) is 0 Å². The Morgan fingerprint density at radius 1 is 1.05 bits per heavy atom. The van der Waals surface area contributed by atoms with Crippen LogP contribution < -0.4 is 0 Å². The van der Waals surface area contributed by atoms with E-state index in [9.17, 15) is 9.90 Å². The first-order chi connectivity index (χ1) is 9.72. The fraction of sp³-hybridized carbons (Fsp3) is 0.278. The third-order valence-electron chi connectivity index (χ3n) is 3.67. The number of rotatable bonds is 6. The average molecular weight is 268 g/mol. The zero-order valence-electron chi connectivity index (χ0n) is 11.8. The molecule has 0 aliphatic carbocycles. The SMILES string of the molecule is CCc1ccccc1C(CCc1ccccc1)C(=O)O. The van der Waals surface area contributed by atoms with Crippen LogP contribution in [0.3, 0.4) is 0 Å². The molecule has 0 saturated carbocycles. The number of carbonyl (C=O) groups is 1. The van der Waals surface area contributed by atoms with Gasteiger partial charge in [0.15, 0.2) is 0 Å². The van der Waals surface area contributed by atoms with E-state index in [1.165, 1.54) is 5.56 Å². The summed E-state index contributed by atoms with van der Waals surface area (Å²) < 4.78 is 0. The third kappa shape index (κ3) is 3.47. The maximum absolute atomic E-state index is 11.6. The predicted molar refractivity (Wildman–Crippen MR) is 81.0 cm³/mol. The van der Waals surface area contributed by atoms with Crippen molar-refractivity contribution in [3.05, 3.63) is 71.3 Å². The summed E-state index contributed by atoms with van der Waals surface area (Å²) in [5.41, 5.74) is 3.28. The van der Waals surface area contributed by atoms with E-state index >= 15 is 0 Å². The van der Waals surface area contributed by atoms with Crippen LogP contribution in [0.5, 0.6) is 0 Å². The van der Waals surface area contributed by atoms with Crippen molar-refractivity contribution in [1.29, 1.82) is 0 Å². The minimum Gasteiger partial charge on any atom is -0.481 e. The summed E-state index contributed by atoms with van der Waals surface area (Å²) in [5, 5.41) is 9.52. The van der Waals surface area contributed by atoms with Gasteiger partial charge in [-0.15, -0.1) is 0 Å². The average Bonchev–Trinajstić information content (AvgIpc) is 2.48. The van der Waals surface area contributed by atoms with Crippen LogP contribution in [0.15, 0.2) is 54.6 Å². The van der Waals surface area contributed by atoms with Gasteiger partial charge in [-0.3, -0.25) is 4.79 Å². The van der Waals surface area contributed by atoms with E-state index in [-0.39, 0.29) is 0 Å². The van der Waals surface area contributed by atoms with Crippen LogP contribution in [0.25, 0.3) is 0 Å². The van der Waals surface area contributed by atoms with Crippen LogP contribution in [0.1, 0.15) is 36.0 Å². The molecule has 0 radical (unpaired) electrons. The van der Waals surface area contributed by atoms with Gasteiger partial charge in [0, 0.05) is 0 Å². The Morgan fingerprint density at radius 3 is 2.35 bits per heavy atom. The first-order valence-electron chi connectivity index (χ1n) is 7.07. The Balaban J connectivity index is 2.17. The van der Waals surface area contributed by atoms with E-state index in [1.807, 2.05) is 54.6 Å². The summed E-state index contributed by atoms with van der Waals surface area (Å²) in [7, 11) is 0. The number of hydrogen-bond donors (Lipinski definition) is 1. The van der Waals surface area contributed by atoms with Gasteiger partial charge < -0.3 is 5.11 Å². The number of carboxylic acids is 1. The lowest BCUT2D eigenvalue weighted by molar-refractivity contribution is -0.139. The lowest BCUT2D eigenvalue weighted by atomic mass is 9.88. The highest BCUT2D eigenvalue weighted by molar-refractivity contribution is 5.76. The molecule has 0 amide bonds. The summed E-state index contributed by atoms with van der Waals surface area (Å²) in [6, 6.07) is 17.9. The molecule has 104 valence electrons. The van der Waals surface area contributed by atoms with Crippen LogP contribution in [-0.2, 0) is 17.6 Å². The van der Waals surface area contributed by atoms with E-state index in [0.29, 0.717) is 6.42 Å². The summed E-state index contributed by atoms with van der Waals surface area (Å²) in [4.78, 5) is 11.6. The molecule has 2 nitrogen and oxygen atoms in total. The number of hydrogen-bond acceptors (Lipinski definition) is 1. The lowest BCUT2D eigenvalue weighted by Gasteiger charge is -2.16. The molecule has 1 atom stereocenters. The van der Waals surface area contributed by atoms with Crippen LogP contribution in [0, 0.1) is 0 Å². The Hall–Kier alpha value is -2.09. The van der Waals surface area contributed by atoms with E-state index < -0.39 is 11.9 Å². The smallest absolute Gasteiger partial charge is 0.310 e. The van der Waals surface area contributed by atoms with Gasteiger partial charge in [-0.05, 0) is 36.0 Å². The van der Waals surface area contributed by atoms with Gasteiger partial charge in [-0.25, -0.2) is 0 Å². The Bertz CT molecular complexity index is 561. The molecule has 20 heavy (non-hydrogen) atoms. The predicted octanol–water partition coefficient (Wildman–Crippen LogP) is 4.05. The number of aliphatic carboxylic acids is 1. The monoisotopic (exact) mass is 268 g/mol. The van der Waals surface area contributed by atoms with Crippen molar-refractivity contribution >= 4 is 5.97 Å². The zero-order chi connectivity index (χ0) is 14.4. The minimum atomic E-state index is -0.734. The molecule has 0 bridgehead atoms. The molecule has 0 aliphatic heterocycles. The van der Waals surface area contributed by atoms with E-state index in [1.54, 1.807) is 0 Å². The van der Waals surface area contributed by atoms with Crippen molar-refractivity contribution in [2.24, 2.45) is 0 Å². The standard InChI is InChI=1S/C18H20O2/c1-2-15-10-6-7-11-16(15)17(18(19)20)13-12-14-8-4-3-5-9-14/h3-11,17H,2,12-13H2,1H3,(H,19,20). The Morgan fingerprint density at radius 2 is 1.70 bits per heavy atom. The van der Waals surface area contributed by atoms with Crippen molar-refractivity contribution in [3.63, 3.8) is 0 Å². The maximum atomic E-state index is 11.6. The Labute approximate surface area is 120 Å². The first kappa shape index (κ1) is 14.3. The lowest BCUT2D eigenvalue weighted by Crippen LogP contribution is -2.14. The molecule has 1 N–H and O–H groups in total. The van der Waals surface area contributed by atoms with Crippen LogP contribution >= 0.6 is 0 Å². The molecule has 0 fully saturated rings. The maximum Gasteiger partial charge on any atom is 0.310 e. The van der Waals surface area contributed by atoms with E-state index in [4.69, 9.17) is 0 Å². The molecule has 0 aliphatic rings. The van der Waals surface area contributed by atoms with Crippen LogP contribution in [0.4, 0.5) is 0 Å². The van der Waals surface area contributed by atoms with Crippen molar-refractivity contribution in [1.82, 2.24) is 0 Å². The van der Waals surface area contributed by atoms with Gasteiger partial charge in [0.05, 0.1) is 5.92 Å². The van der Waals surface area contributed by atoms with Gasteiger partial charge in [-0.2, -0.15) is 0 Å². The van der Waals surface area contributed by atoms with Crippen molar-refractivity contribution < 1.29 is 9.90 Å². The molecule has 2 aromatic carbocycles. The zero-order valence-corrected chi connectivity index (χ0v) is 11.8. The molecule has 1 unspecified atom stereocenters. The molecule has 0 saturated heterocycles. The van der Waals surface area contributed by atoms with Crippen LogP contribution in [0.2, 0.25) is 0 Å². The minimum absolute atomic E-state index is 0.425. The summed E-state index contributed by atoms with van der Waals surface area (Å²) in [6.45, 7) is 2.06. The van der Waals surface area contributed by atoms with Crippen molar-refractivity contribution in [2.45, 2.75) is 32.1 Å². The molecule has 2 rings (SSSR count). The molecule has 0 spiro atoms. The fourth-order valence-corrected chi connectivity index (χ4v) is 2.56. The molecule has 2 aromatic rings. The highest BCUT2D eigenvalue weighted by Gasteiger charge is 2.21. The summed E-state index contributed by atoms with van der Waals surface area (Å²) >= 11 is 0. The van der Waals surface area contributed by atoms with Gasteiger partial charge in [0.1, 0.15) is 0 Å². The second-order valence-electron chi connectivity index (χ2n) is 4.97. The number of aryl methyl sites for hydroxylation is 2. The van der Waals surface area contributed by atoms with E-state index in [2.05, 4.69) is 6.92 Å². The normalized spacial score (nSPS) is 12.1. The largest absolute Gasteiger partial charge is 0.481 e. The topological polar surface area (TPSA) is 37.3 Å².